The molecule has 0 aromatic heterocycles. The molecule has 37 heavy (non-hydrogen) atoms. The molecule has 0 unspecified atom stereocenters. The first-order valence-electron chi connectivity index (χ1n) is 11.8. The van der Waals surface area contributed by atoms with Gasteiger partial charge in [0.2, 0.25) is 10.0 Å². The van der Waals surface area contributed by atoms with Gasteiger partial charge in [-0.3, -0.25) is 9.52 Å². The van der Waals surface area contributed by atoms with E-state index >= 15 is 0 Å². The molecule has 0 fully saturated rings. The summed E-state index contributed by atoms with van der Waals surface area (Å²) in [6.07, 6.45) is 0.406. The van der Waals surface area contributed by atoms with Crippen molar-refractivity contribution in [1.29, 1.82) is 0 Å². The highest BCUT2D eigenvalue weighted by Crippen LogP contribution is 2.35. The Kier molecular flexibility index (Phi) is 8.87. The van der Waals surface area contributed by atoms with Crippen LogP contribution in [0.4, 0.5) is 16.2 Å². The van der Waals surface area contributed by atoms with Crippen LogP contribution in [0.15, 0.2) is 42.5 Å². The number of carbonyl (C=O) groups excluding carboxylic acids is 2. The Bertz CT molecular complexity index is 1220. The molecule has 202 valence electrons. The predicted molar refractivity (Wildman–Crippen MR) is 141 cm³/mol. The summed E-state index contributed by atoms with van der Waals surface area (Å²) in [6, 6.07) is 10.7. The number of rotatable bonds is 8. The van der Waals surface area contributed by atoms with E-state index in [1.165, 1.54) is 11.0 Å². The fraction of sp³-hybridized carbons (Fsp3) is 0.440. The number of sulfonamides is 1. The standard InChI is InChI=1S/C25H34N4O7S/c1-16-13-29(17(2)15-30)24(31)20-7-6-8-21(27-37(5,33)34)23(20)36-22(16)14-28(3)25(32)26-18-9-11-19(35-4)12-10-18/h6-12,16-17,22,27,30H,13-15H2,1-5H3,(H,26,32)/t16-,17+,22+/m0/s1. The van der Waals surface area contributed by atoms with Gasteiger partial charge in [0.1, 0.15) is 11.9 Å². The van der Waals surface area contributed by atoms with Crippen molar-refractivity contribution in [3.63, 3.8) is 0 Å². The zero-order chi connectivity index (χ0) is 27.3. The van der Waals surface area contributed by atoms with Gasteiger partial charge in [0.05, 0.1) is 43.8 Å². The quantitative estimate of drug-likeness (QED) is 0.473. The van der Waals surface area contributed by atoms with Crippen molar-refractivity contribution in [2.45, 2.75) is 26.0 Å². The lowest BCUT2D eigenvalue weighted by atomic mass is 9.99. The number of nitrogens with zero attached hydrogens (tertiary/aromatic N) is 2. The molecule has 2 aromatic rings. The summed E-state index contributed by atoms with van der Waals surface area (Å²) in [4.78, 5) is 29.3. The number of aliphatic hydroxyl groups is 1. The van der Waals surface area contributed by atoms with Gasteiger partial charge in [0.15, 0.2) is 5.75 Å². The monoisotopic (exact) mass is 534 g/mol. The smallest absolute Gasteiger partial charge is 0.321 e. The molecular weight excluding hydrogens is 500 g/mol. The van der Waals surface area contributed by atoms with Crippen LogP contribution >= 0.6 is 0 Å². The second-order valence-corrected chi connectivity index (χ2v) is 11.0. The molecule has 1 heterocycles. The highest BCUT2D eigenvalue weighted by Gasteiger charge is 2.35. The molecule has 11 nitrogen and oxygen atoms in total. The minimum absolute atomic E-state index is 0.0774. The number of anilines is 2. The molecule has 1 aliphatic rings. The van der Waals surface area contributed by atoms with Gasteiger partial charge < -0.3 is 29.7 Å². The highest BCUT2D eigenvalue weighted by molar-refractivity contribution is 7.92. The van der Waals surface area contributed by atoms with Crippen molar-refractivity contribution in [1.82, 2.24) is 9.80 Å². The third-order valence-electron chi connectivity index (χ3n) is 6.13. The van der Waals surface area contributed by atoms with Gasteiger partial charge >= 0.3 is 6.03 Å². The largest absolute Gasteiger partial charge is 0.497 e. The van der Waals surface area contributed by atoms with E-state index in [0.29, 0.717) is 11.4 Å². The first-order chi connectivity index (χ1) is 17.4. The Balaban J connectivity index is 1.91. The van der Waals surface area contributed by atoms with Crippen molar-refractivity contribution in [3.8, 4) is 11.5 Å². The number of carbonyl (C=O) groups is 2. The molecule has 3 N–H and O–H groups in total. The fourth-order valence-electron chi connectivity index (χ4n) is 3.99. The van der Waals surface area contributed by atoms with Crippen LogP contribution in [0, 0.1) is 5.92 Å². The van der Waals surface area contributed by atoms with E-state index in [0.717, 1.165) is 6.26 Å². The molecule has 0 bridgehead atoms. The van der Waals surface area contributed by atoms with Crippen LogP contribution in [0.25, 0.3) is 0 Å². The lowest BCUT2D eigenvalue weighted by Crippen LogP contribution is -2.50. The zero-order valence-electron chi connectivity index (χ0n) is 21.6. The number of hydrogen-bond donors (Lipinski definition) is 3. The van der Waals surface area contributed by atoms with Crippen molar-refractivity contribution in [2.24, 2.45) is 5.92 Å². The molecule has 12 heteroatoms. The van der Waals surface area contributed by atoms with Crippen LogP contribution in [-0.4, -0.2) is 87.5 Å². The minimum atomic E-state index is -3.67. The first-order valence-corrected chi connectivity index (χ1v) is 13.7. The molecule has 3 rings (SSSR count). The summed E-state index contributed by atoms with van der Waals surface area (Å²) in [7, 11) is -0.492. The number of para-hydroxylation sites is 1. The Morgan fingerprint density at radius 1 is 1.27 bits per heavy atom. The van der Waals surface area contributed by atoms with Crippen LogP contribution in [0.5, 0.6) is 11.5 Å². The van der Waals surface area contributed by atoms with Crippen molar-refractivity contribution in [3.05, 3.63) is 48.0 Å². The summed E-state index contributed by atoms with van der Waals surface area (Å²) < 4.78 is 37.8. The number of likely N-dealkylation sites (N-methyl/N-ethyl adjacent to an activating group) is 1. The summed E-state index contributed by atoms with van der Waals surface area (Å²) in [6.45, 7) is 3.77. The molecule has 3 amide bonds. The number of ether oxygens (including phenoxy) is 2. The molecule has 3 atom stereocenters. The Hall–Kier alpha value is -3.51. The van der Waals surface area contributed by atoms with Gasteiger partial charge in [-0.05, 0) is 43.3 Å². The molecule has 1 aliphatic heterocycles. The van der Waals surface area contributed by atoms with E-state index in [9.17, 15) is 23.1 Å². The summed E-state index contributed by atoms with van der Waals surface area (Å²) in [5, 5.41) is 12.6. The zero-order valence-corrected chi connectivity index (χ0v) is 22.4. The SMILES string of the molecule is COc1ccc(NC(=O)N(C)C[C@H]2Oc3c(NS(C)(=O)=O)cccc3C(=O)N([C@H](C)CO)C[C@@H]2C)cc1. The molecular formula is C25H34N4O7S. The third kappa shape index (κ3) is 7.04. The molecule has 0 radical (unpaired) electrons. The van der Waals surface area contributed by atoms with Crippen LogP contribution in [0.3, 0.4) is 0 Å². The summed E-state index contributed by atoms with van der Waals surface area (Å²) >= 11 is 0. The third-order valence-corrected chi connectivity index (χ3v) is 6.72. The van der Waals surface area contributed by atoms with Crippen molar-refractivity contribution in [2.75, 3.05) is 50.1 Å². The number of amides is 3. The molecule has 0 spiro atoms. The number of hydrogen-bond acceptors (Lipinski definition) is 7. The lowest BCUT2D eigenvalue weighted by molar-refractivity contribution is 0.0373. The van der Waals surface area contributed by atoms with Gasteiger partial charge in [0.25, 0.3) is 5.91 Å². The van der Waals surface area contributed by atoms with Crippen LogP contribution in [0.1, 0.15) is 24.2 Å². The fourth-order valence-corrected chi connectivity index (χ4v) is 4.55. The normalized spacial score (nSPS) is 18.5. The Morgan fingerprint density at radius 2 is 1.95 bits per heavy atom. The average molecular weight is 535 g/mol. The van der Waals surface area contributed by atoms with Crippen LogP contribution < -0.4 is 19.5 Å². The van der Waals surface area contributed by atoms with E-state index in [2.05, 4.69) is 10.0 Å². The summed E-state index contributed by atoms with van der Waals surface area (Å²) in [5.74, 6) is 0.0864. The average Bonchev–Trinajstić information content (AvgIpc) is 2.85. The van der Waals surface area contributed by atoms with Gasteiger partial charge in [0, 0.05) is 25.2 Å². The van der Waals surface area contributed by atoms with E-state index in [1.54, 1.807) is 62.4 Å². The number of nitrogens with one attached hydrogen (secondary N) is 2. The van der Waals surface area contributed by atoms with Gasteiger partial charge in [-0.15, -0.1) is 0 Å². The molecule has 0 aliphatic carbocycles. The molecule has 0 saturated carbocycles. The van der Waals surface area contributed by atoms with E-state index in [4.69, 9.17) is 9.47 Å². The highest BCUT2D eigenvalue weighted by atomic mass is 32.2. The maximum Gasteiger partial charge on any atom is 0.321 e. The Labute approximate surface area is 217 Å². The first kappa shape index (κ1) is 28.1. The number of urea groups is 1. The van der Waals surface area contributed by atoms with E-state index < -0.39 is 22.2 Å². The van der Waals surface area contributed by atoms with Crippen molar-refractivity contribution < 1.29 is 32.6 Å². The second kappa shape index (κ2) is 11.7. The number of benzene rings is 2. The van der Waals surface area contributed by atoms with E-state index in [1.807, 2.05) is 6.92 Å². The number of fused-ring (bicyclic) bond motifs is 1. The van der Waals surface area contributed by atoms with Crippen LogP contribution in [-0.2, 0) is 10.0 Å². The van der Waals surface area contributed by atoms with Crippen LogP contribution in [0.2, 0.25) is 0 Å². The van der Waals surface area contributed by atoms with Crippen molar-refractivity contribution >= 4 is 33.3 Å². The second-order valence-electron chi connectivity index (χ2n) is 9.22. The topological polar surface area (TPSA) is 138 Å². The van der Waals surface area contributed by atoms with Gasteiger partial charge in [-0.25, -0.2) is 13.2 Å². The molecule has 2 aromatic carbocycles. The number of methoxy groups -OCH3 is 1. The lowest BCUT2D eigenvalue weighted by Gasteiger charge is -2.38. The maximum atomic E-state index is 13.4. The van der Waals surface area contributed by atoms with Gasteiger partial charge in [-0.2, -0.15) is 0 Å². The maximum absolute atomic E-state index is 13.4. The van der Waals surface area contributed by atoms with E-state index in [-0.39, 0.29) is 54.6 Å². The minimum Gasteiger partial charge on any atom is -0.497 e. The van der Waals surface area contributed by atoms with Gasteiger partial charge in [-0.1, -0.05) is 13.0 Å². The number of aliphatic hydroxyl groups excluding tert-OH is 1. The molecule has 0 saturated heterocycles. The Morgan fingerprint density at radius 3 is 2.54 bits per heavy atom. The summed E-state index contributed by atoms with van der Waals surface area (Å²) in [5.41, 5.74) is 0.869. The predicted octanol–water partition coefficient (Wildman–Crippen LogP) is 2.45.